The van der Waals surface area contributed by atoms with E-state index in [1.54, 1.807) is 24.3 Å². The number of amides is 1. The van der Waals surface area contributed by atoms with Crippen molar-refractivity contribution in [2.45, 2.75) is 61.9 Å². The molecule has 2 heterocycles. The van der Waals surface area contributed by atoms with E-state index in [0.717, 1.165) is 25.7 Å². The first kappa shape index (κ1) is 20.6. The average molecular weight is 414 g/mol. The topological polar surface area (TPSA) is 87.3 Å². The highest BCUT2D eigenvalue weighted by Crippen LogP contribution is 2.33. The standard InChI is InChI=1S/C19H27N3O3S.ClH/c23-19(11-14-9-16-3-4-17(10-14)21-16)22-15-5-7-18(8-6-15)26(24,25)20-12-13-1-2-13;/h5-8,13-14,16-17,20-21H,1-4,9-12H2,(H,22,23);1H. The van der Waals surface area contributed by atoms with E-state index in [2.05, 4.69) is 15.4 Å². The minimum Gasteiger partial charge on any atom is -0.326 e. The van der Waals surface area contributed by atoms with Crippen molar-refractivity contribution in [3.63, 3.8) is 0 Å². The predicted molar refractivity (Wildman–Crippen MR) is 108 cm³/mol. The van der Waals surface area contributed by atoms with Crippen molar-refractivity contribution in [2.75, 3.05) is 11.9 Å². The summed E-state index contributed by atoms with van der Waals surface area (Å²) in [5, 5.41) is 6.49. The van der Waals surface area contributed by atoms with Gasteiger partial charge in [0, 0.05) is 30.7 Å². The Kier molecular flexibility index (Phi) is 6.46. The predicted octanol–water partition coefficient (Wildman–Crippen LogP) is 2.66. The van der Waals surface area contributed by atoms with Crippen LogP contribution in [0, 0.1) is 11.8 Å². The second kappa shape index (κ2) is 8.47. The van der Waals surface area contributed by atoms with Gasteiger partial charge >= 0.3 is 0 Å². The lowest BCUT2D eigenvalue weighted by Gasteiger charge is -2.28. The largest absolute Gasteiger partial charge is 0.326 e. The summed E-state index contributed by atoms with van der Waals surface area (Å²) in [7, 11) is -3.46. The van der Waals surface area contributed by atoms with Gasteiger partial charge in [-0.3, -0.25) is 4.79 Å². The van der Waals surface area contributed by atoms with Gasteiger partial charge in [0.25, 0.3) is 0 Å². The molecular weight excluding hydrogens is 386 g/mol. The van der Waals surface area contributed by atoms with Crippen molar-refractivity contribution < 1.29 is 13.2 Å². The Balaban J connectivity index is 0.00000210. The number of benzene rings is 1. The van der Waals surface area contributed by atoms with Crippen LogP contribution in [0.3, 0.4) is 0 Å². The third kappa shape index (κ3) is 5.44. The zero-order chi connectivity index (χ0) is 18.1. The number of carbonyl (C=O) groups excluding carboxylic acids is 1. The number of rotatable bonds is 7. The Hall–Kier alpha value is -1.15. The molecule has 1 saturated carbocycles. The molecule has 27 heavy (non-hydrogen) atoms. The molecule has 150 valence electrons. The third-order valence-electron chi connectivity index (χ3n) is 5.75. The van der Waals surface area contributed by atoms with Crippen molar-refractivity contribution in [1.29, 1.82) is 0 Å². The molecule has 0 spiro atoms. The lowest BCUT2D eigenvalue weighted by molar-refractivity contribution is -0.117. The molecule has 0 aromatic heterocycles. The van der Waals surface area contributed by atoms with E-state index in [4.69, 9.17) is 0 Å². The van der Waals surface area contributed by atoms with Crippen LogP contribution in [0.4, 0.5) is 5.69 Å². The second-order valence-electron chi connectivity index (χ2n) is 8.05. The zero-order valence-corrected chi connectivity index (χ0v) is 16.9. The van der Waals surface area contributed by atoms with Crippen LogP contribution in [-0.2, 0) is 14.8 Å². The van der Waals surface area contributed by atoms with E-state index in [1.807, 2.05) is 0 Å². The zero-order valence-electron chi connectivity index (χ0n) is 15.3. The summed E-state index contributed by atoms with van der Waals surface area (Å²) >= 11 is 0. The smallest absolute Gasteiger partial charge is 0.240 e. The minimum absolute atomic E-state index is 0. The lowest BCUT2D eigenvalue weighted by Crippen LogP contribution is -2.39. The highest BCUT2D eigenvalue weighted by Gasteiger charge is 2.34. The number of hydrogen-bond acceptors (Lipinski definition) is 4. The van der Waals surface area contributed by atoms with E-state index in [0.29, 0.717) is 42.6 Å². The molecule has 2 unspecified atom stereocenters. The summed E-state index contributed by atoms with van der Waals surface area (Å²) in [4.78, 5) is 12.6. The molecule has 2 bridgehead atoms. The maximum absolute atomic E-state index is 12.3. The molecule has 2 atom stereocenters. The first-order valence-corrected chi connectivity index (χ1v) is 11.1. The van der Waals surface area contributed by atoms with Gasteiger partial charge in [0.1, 0.15) is 0 Å². The number of halogens is 1. The number of nitrogens with one attached hydrogen (secondary N) is 3. The first-order chi connectivity index (χ1) is 12.5. The van der Waals surface area contributed by atoms with E-state index < -0.39 is 10.0 Å². The number of sulfonamides is 1. The van der Waals surface area contributed by atoms with Crippen LogP contribution in [0.2, 0.25) is 0 Å². The summed E-state index contributed by atoms with van der Waals surface area (Å²) < 4.78 is 27.1. The van der Waals surface area contributed by atoms with Crippen LogP contribution in [0.5, 0.6) is 0 Å². The SMILES string of the molecule is Cl.O=C(CC1CC2CCC(C1)N2)Nc1ccc(S(=O)(=O)NCC2CC2)cc1. The quantitative estimate of drug-likeness (QED) is 0.641. The molecule has 2 aliphatic heterocycles. The van der Waals surface area contributed by atoms with Crippen LogP contribution < -0.4 is 15.4 Å². The van der Waals surface area contributed by atoms with Crippen LogP contribution >= 0.6 is 12.4 Å². The Morgan fingerprint density at radius 3 is 2.22 bits per heavy atom. The fraction of sp³-hybridized carbons (Fsp3) is 0.632. The first-order valence-electron chi connectivity index (χ1n) is 9.63. The van der Waals surface area contributed by atoms with Gasteiger partial charge in [-0.15, -0.1) is 12.4 Å². The van der Waals surface area contributed by atoms with Gasteiger partial charge in [0.15, 0.2) is 0 Å². The molecule has 4 rings (SSSR count). The van der Waals surface area contributed by atoms with Crippen LogP contribution in [0.15, 0.2) is 29.2 Å². The number of carbonyl (C=O) groups is 1. The summed E-state index contributed by atoms with van der Waals surface area (Å²) in [6.45, 7) is 0.513. The van der Waals surface area contributed by atoms with Crippen LogP contribution in [0.1, 0.15) is 44.9 Å². The Morgan fingerprint density at radius 2 is 1.63 bits per heavy atom. The highest BCUT2D eigenvalue weighted by atomic mass is 35.5. The number of anilines is 1. The van der Waals surface area contributed by atoms with E-state index in [-0.39, 0.29) is 23.2 Å². The number of piperidine rings is 1. The van der Waals surface area contributed by atoms with Gasteiger partial charge in [-0.25, -0.2) is 13.1 Å². The van der Waals surface area contributed by atoms with Crippen molar-refractivity contribution in [3.8, 4) is 0 Å². The van der Waals surface area contributed by atoms with Gasteiger partial charge < -0.3 is 10.6 Å². The molecule has 1 aliphatic carbocycles. The van der Waals surface area contributed by atoms with Gasteiger partial charge in [-0.2, -0.15) is 0 Å². The Morgan fingerprint density at radius 1 is 1.00 bits per heavy atom. The maximum Gasteiger partial charge on any atom is 0.240 e. The molecule has 2 saturated heterocycles. The minimum atomic E-state index is -3.46. The molecule has 0 radical (unpaired) electrons. The summed E-state index contributed by atoms with van der Waals surface area (Å²) in [6.07, 6.45) is 7.36. The number of fused-ring (bicyclic) bond motifs is 2. The van der Waals surface area contributed by atoms with E-state index in [1.165, 1.54) is 12.8 Å². The van der Waals surface area contributed by atoms with Crippen molar-refractivity contribution in [2.24, 2.45) is 11.8 Å². The fourth-order valence-corrected chi connectivity index (χ4v) is 5.28. The molecule has 3 N–H and O–H groups in total. The third-order valence-corrected chi connectivity index (χ3v) is 7.19. The van der Waals surface area contributed by atoms with Crippen molar-refractivity contribution >= 4 is 34.0 Å². The summed E-state index contributed by atoms with van der Waals surface area (Å²) in [6, 6.07) is 7.59. The normalized spacial score (nSPS) is 27.0. The molecule has 3 aliphatic rings. The van der Waals surface area contributed by atoms with Crippen LogP contribution in [-0.4, -0.2) is 33.0 Å². The molecule has 8 heteroatoms. The molecule has 3 fully saturated rings. The fourth-order valence-electron chi connectivity index (χ4n) is 4.17. The number of hydrogen-bond donors (Lipinski definition) is 3. The highest BCUT2D eigenvalue weighted by molar-refractivity contribution is 7.89. The van der Waals surface area contributed by atoms with E-state index >= 15 is 0 Å². The Bertz CT molecular complexity index is 753. The molecule has 1 amide bonds. The maximum atomic E-state index is 12.3. The monoisotopic (exact) mass is 413 g/mol. The van der Waals surface area contributed by atoms with Crippen molar-refractivity contribution in [3.05, 3.63) is 24.3 Å². The van der Waals surface area contributed by atoms with Gasteiger partial charge in [-0.1, -0.05) is 0 Å². The summed E-state index contributed by atoms with van der Waals surface area (Å²) in [5.41, 5.74) is 0.646. The molecular formula is C19H28ClN3O3S. The molecule has 1 aromatic rings. The van der Waals surface area contributed by atoms with Gasteiger partial charge in [0.05, 0.1) is 4.90 Å². The Labute approximate surface area is 167 Å². The van der Waals surface area contributed by atoms with Gasteiger partial charge in [-0.05, 0) is 74.6 Å². The van der Waals surface area contributed by atoms with E-state index in [9.17, 15) is 13.2 Å². The van der Waals surface area contributed by atoms with Crippen molar-refractivity contribution in [1.82, 2.24) is 10.0 Å². The average Bonchev–Trinajstić information content (AvgIpc) is 3.37. The molecule has 6 nitrogen and oxygen atoms in total. The molecule has 1 aromatic carbocycles. The lowest BCUT2D eigenvalue weighted by atomic mass is 9.89. The van der Waals surface area contributed by atoms with Crippen LogP contribution in [0.25, 0.3) is 0 Å². The van der Waals surface area contributed by atoms with Gasteiger partial charge in [0.2, 0.25) is 15.9 Å². The second-order valence-corrected chi connectivity index (χ2v) is 9.81. The summed E-state index contributed by atoms with van der Waals surface area (Å²) in [5.74, 6) is 0.951.